The van der Waals surface area contributed by atoms with Gasteiger partial charge in [0.05, 0.1) is 19.3 Å². The van der Waals surface area contributed by atoms with Gasteiger partial charge in [0.1, 0.15) is 0 Å². The van der Waals surface area contributed by atoms with Crippen LogP contribution in [0.25, 0.3) is 0 Å². The predicted octanol–water partition coefficient (Wildman–Crippen LogP) is 1.23. The summed E-state index contributed by atoms with van der Waals surface area (Å²) < 4.78 is 31.6. The third-order valence-corrected chi connectivity index (χ3v) is 3.83. The molecule has 0 radical (unpaired) electrons. The molecule has 23 heavy (non-hydrogen) atoms. The van der Waals surface area contributed by atoms with Gasteiger partial charge in [-0.15, -0.1) is 0 Å². The summed E-state index contributed by atoms with van der Waals surface area (Å²) in [5.41, 5.74) is 0.558. The molecule has 1 saturated heterocycles. The molecule has 1 fully saturated rings. The summed E-state index contributed by atoms with van der Waals surface area (Å²) in [6, 6.07) is 3.37. The van der Waals surface area contributed by atoms with E-state index in [9.17, 15) is 18.7 Å². The summed E-state index contributed by atoms with van der Waals surface area (Å²) in [4.78, 5) is 13.7. The first-order valence-electron chi connectivity index (χ1n) is 7.72. The Hall–Kier alpha value is -1.57. The molecule has 2 atom stereocenters. The Balaban J connectivity index is 1.96. The number of aliphatic hydroxyl groups is 1. The van der Waals surface area contributed by atoms with Gasteiger partial charge in [0.15, 0.2) is 11.6 Å². The lowest BCUT2D eigenvalue weighted by molar-refractivity contribution is -0.122. The van der Waals surface area contributed by atoms with Crippen molar-refractivity contribution in [1.82, 2.24) is 10.2 Å². The molecule has 2 rings (SSSR count). The Morgan fingerprint density at radius 3 is 2.91 bits per heavy atom. The van der Waals surface area contributed by atoms with Gasteiger partial charge < -0.3 is 15.2 Å². The SMILES string of the molecule is CCOCCNC(=O)CN1C[C@@H](O)C[C@@H]1c1ccc(F)c(F)c1. The Kier molecular flexibility index (Phi) is 6.44. The smallest absolute Gasteiger partial charge is 0.234 e. The molecule has 0 spiro atoms. The number of ether oxygens (including phenoxy) is 1. The first-order valence-corrected chi connectivity index (χ1v) is 7.72. The summed E-state index contributed by atoms with van der Waals surface area (Å²) in [7, 11) is 0. The summed E-state index contributed by atoms with van der Waals surface area (Å²) in [5, 5.41) is 12.6. The molecule has 5 nitrogen and oxygen atoms in total. The van der Waals surface area contributed by atoms with Gasteiger partial charge in [0, 0.05) is 25.7 Å². The second-order valence-electron chi connectivity index (χ2n) is 5.56. The lowest BCUT2D eigenvalue weighted by Gasteiger charge is -2.24. The molecule has 0 bridgehead atoms. The number of amides is 1. The number of halogens is 2. The Morgan fingerprint density at radius 2 is 2.22 bits per heavy atom. The van der Waals surface area contributed by atoms with E-state index in [1.165, 1.54) is 6.07 Å². The van der Waals surface area contributed by atoms with Crippen LogP contribution in [0.1, 0.15) is 24.9 Å². The van der Waals surface area contributed by atoms with Crippen molar-refractivity contribution in [2.45, 2.75) is 25.5 Å². The zero-order valence-electron chi connectivity index (χ0n) is 13.1. The number of aliphatic hydroxyl groups excluding tert-OH is 1. The van der Waals surface area contributed by atoms with E-state index in [4.69, 9.17) is 4.74 Å². The molecule has 7 heteroatoms. The minimum Gasteiger partial charge on any atom is -0.392 e. The molecular weight excluding hydrogens is 306 g/mol. The van der Waals surface area contributed by atoms with Crippen molar-refractivity contribution in [1.29, 1.82) is 0 Å². The molecule has 2 N–H and O–H groups in total. The quantitative estimate of drug-likeness (QED) is 0.739. The van der Waals surface area contributed by atoms with Gasteiger partial charge in [0.2, 0.25) is 5.91 Å². The summed E-state index contributed by atoms with van der Waals surface area (Å²) in [6.07, 6.45) is -0.207. The van der Waals surface area contributed by atoms with Crippen molar-refractivity contribution in [2.75, 3.05) is 32.8 Å². The molecule has 1 amide bonds. The fourth-order valence-electron chi connectivity index (χ4n) is 2.77. The van der Waals surface area contributed by atoms with Crippen LogP contribution in [-0.2, 0) is 9.53 Å². The predicted molar refractivity (Wildman–Crippen MR) is 80.8 cm³/mol. The number of nitrogens with one attached hydrogen (secondary N) is 1. The number of nitrogens with zero attached hydrogens (tertiary/aromatic N) is 1. The monoisotopic (exact) mass is 328 g/mol. The molecule has 1 aliphatic heterocycles. The van der Waals surface area contributed by atoms with E-state index in [1.54, 1.807) is 4.90 Å². The molecule has 1 aromatic carbocycles. The third kappa shape index (κ3) is 4.95. The van der Waals surface area contributed by atoms with Crippen LogP contribution >= 0.6 is 0 Å². The highest BCUT2D eigenvalue weighted by molar-refractivity contribution is 5.78. The maximum atomic E-state index is 13.4. The van der Waals surface area contributed by atoms with Crippen molar-refractivity contribution in [3.63, 3.8) is 0 Å². The number of likely N-dealkylation sites (tertiary alicyclic amines) is 1. The third-order valence-electron chi connectivity index (χ3n) is 3.83. The van der Waals surface area contributed by atoms with Crippen LogP contribution in [0.15, 0.2) is 18.2 Å². The summed E-state index contributed by atoms with van der Waals surface area (Å²) in [5.74, 6) is -2.02. The number of benzene rings is 1. The Morgan fingerprint density at radius 1 is 1.43 bits per heavy atom. The normalized spacial score (nSPS) is 21.6. The van der Waals surface area contributed by atoms with Crippen molar-refractivity contribution in [2.24, 2.45) is 0 Å². The Bertz CT molecular complexity index is 542. The topological polar surface area (TPSA) is 61.8 Å². The minimum absolute atomic E-state index is 0.0901. The van der Waals surface area contributed by atoms with Gasteiger partial charge >= 0.3 is 0 Å². The second-order valence-corrected chi connectivity index (χ2v) is 5.56. The first-order chi connectivity index (χ1) is 11.0. The number of carbonyl (C=O) groups excluding carboxylic acids is 1. The van der Waals surface area contributed by atoms with E-state index in [1.807, 2.05) is 6.92 Å². The number of rotatable bonds is 7. The van der Waals surface area contributed by atoms with E-state index in [-0.39, 0.29) is 18.5 Å². The minimum atomic E-state index is -0.926. The lowest BCUT2D eigenvalue weighted by atomic mass is 10.0. The molecule has 0 aliphatic carbocycles. The first kappa shape index (κ1) is 17.8. The van der Waals surface area contributed by atoms with E-state index >= 15 is 0 Å². The largest absolute Gasteiger partial charge is 0.392 e. The zero-order chi connectivity index (χ0) is 16.8. The van der Waals surface area contributed by atoms with Crippen LogP contribution < -0.4 is 5.32 Å². The van der Waals surface area contributed by atoms with Crippen LogP contribution in [0.2, 0.25) is 0 Å². The highest BCUT2D eigenvalue weighted by atomic mass is 19.2. The van der Waals surface area contributed by atoms with Crippen LogP contribution in [0, 0.1) is 11.6 Å². The van der Waals surface area contributed by atoms with Gasteiger partial charge in [-0.2, -0.15) is 0 Å². The molecule has 0 saturated carbocycles. The molecular formula is C16H22F2N2O3. The fourth-order valence-corrected chi connectivity index (χ4v) is 2.77. The van der Waals surface area contributed by atoms with Gasteiger partial charge in [-0.05, 0) is 31.0 Å². The van der Waals surface area contributed by atoms with Gasteiger partial charge in [-0.3, -0.25) is 9.69 Å². The van der Waals surface area contributed by atoms with Crippen molar-refractivity contribution >= 4 is 5.91 Å². The van der Waals surface area contributed by atoms with Crippen LogP contribution in [-0.4, -0.2) is 54.9 Å². The molecule has 128 valence electrons. The van der Waals surface area contributed by atoms with E-state index in [0.717, 1.165) is 12.1 Å². The number of carbonyl (C=O) groups is 1. The van der Waals surface area contributed by atoms with E-state index in [0.29, 0.717) is 38.3 Å². The summed E-state index contributed by atoms with van der Waals surface area (Å²) in [6.45, 7) is 3.73. The van der Waals surface area contributed by atoms with E-state index in [2.05, 4.69) is 5.32 Å². The molecule has 0 unspecified atom stereocenters. The maximum Gasteiger partial charge on any atom is 0.234 e. The van der Waals surface area contributed by atoms with Crippen LogP contribution in [0.4, 0.5) is 8.78 Å². The lowest BCUT2D eigenvalue weighted by Crippen LogP contribution is -2.38. The maximum absolute atomic E-state index is 13.4. The molecule has 0 aromatic heterocycles. The van der Waals surface area contributed by atoms with Crippen LogP contribution in [0.3, 0.4) is 0 Å². The standard InChI is InChI=1S/C16H22F2N2O3/c1-2-23-6-5-19-16(22)10-20-9-12(21)8-15(20)11-3-4-13(17)14(18)7-11/h3-4,7,12,15,21H,2,5-6,8-10H2,1H3,(H,19,22)/t12-,15+/m0/s1. The van der Waals surface area contributed by atoms with Gasteiger partial charge in [-0.25, -0.2) is 8.78 Å². The average molecular weight is 328 g/mol. The van der Waals surface area contributed by atoms with Gasteiger partial charge in [-0.1, -0.05) is 6.07 Å². The fraction of sp³-hybridized carbons (Fsp3) is 0.562. The van der Waals surface area contributed by atoms with E-state index < -0.39 is 17.7 Å². The Labute approximate surface area is 134 Å². The van der Waals surface area contributed by atoms with Crippen LogP contribution in [0.5, 0.6) is 0 Å². The average Bonchev–Trinajstić information content (AvgIpc) is 2.87. The number of β-amino-alcohol motifs (C(OH)–C–C–N with tert-alkyl or cyclic N) is 1. The number of hydrogen-bond acceptors (Lipinski definition) is 4. The zero-order valence-corrected chi connectivity index (χ0v) is 13.1. The molecule has 1 heterocycles. The highest BCUT2D eigenvalue weighted by Crippen LogP contribution is 2.32. The number of hydrogen-bond donors (Lipinski definition) is 2. The highest BCUT2D eigenvalue weighted by Gasteiger charge is 2.33. The van der Waals surface area contributed by atoms with Crippen molar-refractivity contribution < 1.29 is 23.4 Å². The van der Waals surface area contributed by atoms with Crippen molar-refractivity contribution in [3.8, 4) is 0 Å². The molecule has 1 aromatic rings. The molecule has 1 aliphatic rings. The van der Waals surface area contributed by atoms with Gasteiger partial charge in [0.25, 0.3) is 0 Å². The van der Waals surface area contributed by atoms with Crippen molar-refractivity contribution in [3.05, 3.63) is 35.4 Å². The second kappa shape index (κ2) is 8.33. The summed E-state index contributed by atoms with van der Waals surface area (Å²) >= 11 is 0.